The molecule has 21 heavy (non-hydrogen) atoms. The van der Waals surface area contributed by atoms with Crippen molar-refractivity contribution in [2.75, 3.05) is 0 Å². The number of carbonyl (C=O) groups excluding carboxylic acids is 1. The highest BCUT2D eigenvalue weighted by Gasteiger charge is 2.22. The van der Waals surface area contributed by atoms with Gasteiger partial charge in [-0.3, -0.25) is 14.3 Å². The number of nitrogens with one attached hydrogen (secondary N) is 1. The van der Waals surface area contributed by atoms with Crippen LogP contribution in [0.3, 0.4) is 0 Å². The third-order valence-electron chi connectivity index (χ3n) is 3.26. The molecule has 0 aromatic carbocycles. The highest BCUT2D eigenvalue weighted by Crippen LogP contribution is 2.11. The molecule has 112 valence electrons. The minimum Gasteiger partial charge on any atom is -0.481 e. The van der Waals surface area contributed by atoms with Gasteiger partial charge in [0.1, 0.15) is 5.76 Å². The number of hydrogen-bond donors (Lipinski definition) is 2. The molecule has 2 heterocycles. The standard InChI is InChI=1S/C14H17N3O4/c1-9(14(19)20)10(2)16-13(18)12-5-4-11(21-12)8-17-7-3-6-15-17/h3-7,9-10H,8H2,1-2H3,(H,16,18)(H,19,20). The number of amides is 1. The normalized spacial score (nSPS) is 13.6. The Balaban J connectivity index is 1.97. The molecule has 2 N–H and O–H groups in total. The van der Waals surface area contributed by atoms with Gasteiger partial charge in [0.2, 0.25) is 0 Å². The first-order valence-corrected chi connectivity index (χ1v) is 6.57. The Morgan fingerprint density at radius 1 is 1.43 bits per heavy atom. The van der Waals surface area contributed by atoms with E-state index in [4.69, 9.17) is 9.52 Å². The van der Waals surface area contributed by atoms with Crippen molar-refractivity contribution in [1.82, 2.24) is 15.1 Å². The summed E-state index contributed by atoms with van der Waals surface area (Å²) in [7, 11) is 0. The summed E-state index contributed by atoms with van der Waals surface area (Å²) in [5.74, 6) is -1.30. The highest BCUT2D eigenvalue weighted by atomic mass is 16.4. The molecule has 2 unspecified atom stereocenters. The first-order valence-electron chi connectivity index (χ1n) is 6.57. The van der Waals surface area contributed by atoms with E-state index in [-0.39, 0.29) is 5.76 Å². The molecule has 0 saturated heterocycles. The topological polar surface area (TPSA) is 97.4 Å². The monoisotopic (exact) mass is 291 g/mol. The van der Waals surface area contributed by atoms with Crippen LogP contribution in [0.5, 0.6) is 0 Å². The molecule has 2 aromatic rings. The number of carbonyl (C=O) groups is 2. The second-order valence-electron chi connectivity index (χ2n) is 4.86. The largest absolute Gasteiger partial charge is 0.481 e. The van der Waals surface area contributed by atoms with Crippen molar-refractivity contribution < 1.29 is 19.1 Å². The molecule has 0 bridgehead atoms. The summed E-state index contributed by atoms with van der Waals surface area (Å²) >= 11 is 0. The molecular formula is C14H17N3O4. The Morgan fingerprint density at radius 3 is 2.81 bits per heavy atom. The Morgan fingerprint density at radius 2 is 2.19 bits per heavy atom. The number of carboxylic acid groups (broad SMARTS) is 1. The first-order chi connectivity index (χ1) is 9.97. The number of aromatic nitrogens is 2. The summed E-state index contributed by atoms with van der Waals surface area (Å²) in [6.45, 7) is 3.62. The Hall–Kier alpha value is -2.57. The van der Waals surface area contributed by atoms with Gasteiger partial charge in [0.15, 0.2) is 5.76 Å². The van der Waals surface area contributed by atoms with E-state index in [1.54, 1.807) is 49.1 Å². The summed E-state index contributed by atoms with van der Waals surface area (Å²) in [6.07, 6.45) is 3.45. The lowest BCUT2D eigenvalue weighted by atomic mass is 10.0. The Bertz CT molecular complexity index is 618. The van der Waals surface area contributed by atoms with E-state index < -0.39 is 23.8 Å². The van der Waals surface area contributed by atoms with E-state index in [1.807, 2.05) is 0 Å². The van der Waals surface area contributed by atoms with E-state index in [0.717, 1.165) is 0 Å². The van der Waals surface area contributed by atoms with E-state index in [0.29, 0.717) is 12.3 Å². The van der Waals surface area contributed by atoms with Crippen molar-refractivity contribution in [3.63, 3.8) is 0 Å². The van der Waals surface area contributed by atoms with E-state index in [1.165, 1.54) is 0 Å². The van der Waals surface area contributed by atoms with Gasteiger partial charge in [0, 0.05) is 18.4 Å². The number of nitrogens with zero attached hydrogens (tertiary/aromatic N) is 2. The lowest BCUT2D eigenvalue weighted by Gasteiger charge is -2.16. The Labute approximate surface area is 121 Å². The fraction of sp³-hybridized carbons (Fsp3) is 0.357. The highest BCUT2D eigenvalue weighted by molar-refractivity contribution is 5.92. The van der Waals surface area contributed by atoms with Crippen LogP contribution in [-0.4, -0.2) is 32.8 Å². The van der Waals surface area contributed by atoms with Gasteiger partial charge >= 0.3 is 5.97 Å². The van der Waals surface area contributed by atoms with Gasteiger partial charge in [-0.25, -0.2) is 0 Å². The maximum atomic E-state index is 12.0. The first kappa shape index (κ1) is 14.8. The summed E-state index contributed by atoms with van der Waals surface area (Å²) in [5.41, 5.74) is 0. The molecule has 2 rings (SSSR count). The van der Waals surface area contributed by atoms with E-state index in [2.05, 4.69) is 10.4 Å². The quantitative estimate of drug-likeness (QED) is 0.837. The van der Waals surface area contributed by atoms with Crippen LogP contribution >= 0.6 is 0 Å². The molecule has 0 fully saturated rings. The van der Waals surface area contributed by atoms with Crippen LogP contribution in [0.25, 0.3) is 0 Å². The predicted molar refractivity (Wildman–Crippen MR) is 73.8 cm³/mol. The molecule has 0 aliphatic carbocycles. The third-order valence-corrected chi connectivity index (χ3v) is 3.26. The molecule has 0 radical (unpaired) electrons. The molecular weight excluding hydrogens is 274 g/mol. The van der Waals surface area contributed by atoms with Gasteiger partial charge in [-0.1, -0.05) is 0 Å². The van der Waals surface area contributed by atoms with Crippen LogP contribution in [0.4, 0.5) is 0 Å². The van der Waals surface area contributed by atoms with Crippen LogP contribution in [0.1, 0.15) is 30.2 Å². The van der Waals surface area contributed by atoms with Gasteiger partial charge < -0.3 is 14.8 Å². The fourth-order valence-electron chi connectivity index (χ4n) is 1.76. The summed E-state index contributed by atoms with van der Waals surface area (Å²) in [5, 5.41) is 15.6. The van der Waals surface area contributed by atoms with Gasteiger partial charge in [0.05, 0.1) is 12.5 Å². The zero-order valence-corrected chi connectivity index (χ0v) is 11.8. The second-order valence-corrected chi connectivity index (χ2v) is 4.86. The average molecular weight is 291 g/mol. The van der Waals surface area contributed by atoms with Gasteiger partial charge in [-0.05, 0) is 32.0 Å². The number of rotatable bonds is 6. The van der Waals surface area contributed by atoms with Crippen molar-refractivity contribution in [3.8, 4) is 0 Å². The van der Waals surface area contributed by atoms with Crippen molar-refractivity contribution in [1.29, 1.82) is 0 Å². The molecule has 2 aromatic heterocycles. The number of furan rings is 1. The third kappa shape index (κ3) is 3.71. The average Bonchev–Trinajstić information content (AvgIpc) is 3.09. The summed E-state index contributed by atoms with van der Waals surface area (Å²) in [6, 6.07) is 4.56. The SMILES string of the molecule is CC(NC(=O)c1ccc(Cn2cccn2)o1)C(C)C(=O)O. The van der Waals surface area contributed by atoms with Crippen molar-refractivity contribution in [2.24, 2.45) is 5.92 Å². The number of hydrogen-bond acceptors (Lipinski definition) is 4. The molecule has 0 aliphatic heterocycles. The van der Waals surface area contributed by atoms with E-state index >= 15 is 0 Å². The zero-order chi connectivity index (χ0) is 15.4. The molecule has 2 atom stereocenters. The molecule has 7 nitrogen and oxygen atoms in total. The minimum absolute atomic E-state index is 0.154. The molecule has 0 aliphatic rings. The van der Waals surface area contributed by atoms with E-state index in [9.17, 15) is 9.59 Å². The van der Waals surface area contributed by atoms with Crippen molar-refractivity contribution in [2.45, 2.75) is 26.4 Å². The summed E-state index contributed by atoms with van der Waals surface area (Å²) < 4.78 is 7.12. The predicted octanol–water partition coefficient (Wildman–Crippen LogP) is 1.36. The molecule has 0 saturated carbocycles. The van der Waals surface area contributed by atoms with Crippen LogP contribution in [-0.2, 0) is 11.3 Å². The number of carboxylic acids is 1. The maximum Gasteiger partial charge on any atom is 0.308 e. The van der Waals surface area contributed by atoms with Crippen molar-refractivity contribution >= 4 is 11.9 Å². The van der Waals surface area contributed by atoms with Gasteiger partial charge in [-0.15, -0.1) is 0 Å². The lowest BCUT2D eigenvalue weighted by molar-refractivity contribution is -0.141. The van der Waals surface area contributed by atoms with Crippen LogP contribution in [0.15, 0.2) is 35.0 Å². The zero-order valence-electron chi connectivity index (χ0n) is 11.8. The Kier molecular flexibility index (Phi) is 4.42. The summed E-state index contributed by atoms with van der Waals surface area (Å²) in [4.78, 5) is 22.8. The molecule has 7 heteroatoms. The molecule has 0 spiro atoms. The van der Waals surface area contributed by atoms with Crippen LogP contribution in [0.2, 0.25) is 0 Å². The van der Waals surface area contributed by atoms with Gasteiger partial charge in [-0.2, -0.15) is 5.10 Å². The van der Waals surface area contributed by atoms with Crippen molar-refractivity contribution in [3.05, 3.63) is 42.1 Å². The maximum absolute atomic E-state index is 12.0. The van der Waals surface area contributed by atoms with Crippen LogP contribution < -0.4 is 5.32 Å². The second kappa shape index (κ2) is 6.25. The van der Waals surface area contributed by atoms with Gasteiger partial charge in [0.25, 0.3) is 5.91 Å². The fourth-order valence-corrected chi connectivity index (χ4v) is 1.76. The minimum atomic E-state index is -0.957. The van der Waals surface area contributed by atoms with Crippen LogP contribution in [0, 0.1) is 5.92 Å². The molecule has 1 amide bonds. The smallest absolute Gasteiger partial charge is 0.308 e. The lowest BCUT2D eigenvalue weighted by Crippen LogP contribution is -2.39. The number of aliphatic carboxylic acids is 1.